The van der Waals surface area contributed by atoms with Crippen molar-refractivity contribution in [1.29, 1.82) is 0 Å². The molecule has 0 aromatic rings. The fourth-order valence-electron chi connectivity index (χ4n) is 1.13. The van der Waals surface area contributed by atoms with Gasteiger partial charge in [-0.15, -0.1) is 0 Å². The summed E-state index contributed by atoms with van der Waals surface area (Å²) < 4.78 is 29.2. The highest BCUT2D eigenvalue weighted by Gasteiger charge is 2.13. The van der Waals surface area contributed by atoms with E-state index in [9.17, 15) is 4.21 Å². The van der Waals surface area contributed by atoms with Crippen LogP contribution in [0.1, 0.15) is 12.8 Å². The van der Waals surface area contributed by atoms with Crippen molar-refractivity contribution >= 4 is 11.1 Å². The van der Waals surface area contributed by atoms with Gasteiger partial charge < -0.3 is 14.0 Å². The molecule has 1 unspecified atom stereocenters. The first kappa shape index (κ1) is 10.1. The molecular weight excluding hydrogens is 180 g/mol. The van der Waals surface area contributed by atoms with Gasteiger partial charge >= 0.3 is 0 Å². The van der Waals surface area contributed by atoms with Crippen LogP contribution in [0.4, 0.5) is 0 Å². The quantitative estimate of drug-likeness (QED) is 0.658. The van der Waals surface area contributed by atoms with Gasteiger partial charge in [0.25, 0.3) is 0 Å². The van der Waals surface area contributed by atoms with Crippen LogP contribution in [-0.2, 0) is 20.6 Å². The summed E-state index contributed by atoms with van der Waals surface area (Å²) in [5.41, 5.74) is 0. The highest BCUT2D eigenvalue weighted by molar-refractivity contribution is 7.79. The summed E-state index contributed by atoms with van der Waals surface area (Å²) in [7, 11) is 0. The zero-order valence-electron chi connectivity index (χ0n) is 6.90. The highest BCUT2D eigenvalue weighted by atomic mass is 32.2. The molecule has 0 radical (unpaired) electrons. The Morgan fingerprint density at radius 1 is 1.50 bits per heavy atom. The molecular formula is C7H14O4S. The molecule has 0 aromatic carbocycles. The maximum absolute atomic E-state index is 10.2. The lowest BCUT2D eigenvalue weighted by atomic mass is 10.2. The fourth-order valence-corrected chi connectivity index (χ4v) is 1.37. The van der Waals surface area contributed by atoms with Gasteiger partial charge in [-0.2, -0.15) is 0 Å². The molecule has 4 nitrogen and oxygen atoms in total. The molecule has 0 bridgehead atoms. The van der Waals surface area contributed by atoms with Gasteiger partial charge in [0.05, 0.1) is 18.5 Å². The molecule has 5 heteroatoms. The molecule has 1 aliphatic rings. The summed E-state index contributed by atoms with van der Waals surface area (Å²) in [6.07, 6.45) is 2.03. The van der Waals surface area contributed by atoms with E-state index < -0.39 is 11.1 Å². The summed E-state index contributed by atoms with van der Waals surface area (Å²) in [6, 6.07) is 0. The average molecular weight is 194 g/mol. The molecule has 1 saturated heterocycles. The van der Waals surface area contributed by atoms with Crippen molar-refractivity contribution < 1.29 is 18.2 Å². The van der Waals surface area contributed by atoms with E-state index in [0.29, 0.717) is 6.61 Å². The Morgan fingerprint density at radius 3 is 2.75 bits per heavy atom. The molecule has 12 heavy (non-hydrogen) atoms. The van der Waals surface area contributed by atoms with Gasteiger partial charge in [-0.05, 0) is 12.8 Å². The van der Waals surface area contributed by atoms with E-state index in [4.69, 9.17) is 14.0 Å². The molecule has 0 aliphatic carbocycles. The van der Waals surface area contributed by atoms with Crippen molar-refractivity contribution in [2.24, 2.45) is 0 Å². The minimum atomic E-state index is -1.73. The first-order valence-electron chi connectivity index (χ1n) is 4.06. The van der Waals surface area contributed by atoms with E-state index in [1.807, 2.05) is 0 Å². The normalized spacial score (nSPS) is 22.4. The van der Waals surface area contributed by atoms with Gasteiger partial charge in [-0.1, -0.05) is 0 Å². The SMILES string of the molecule is O=S(O)CCOC1CCOCC1. The number of rotatable bonds is 4. The van der Waals surface area contributed by atoms with Crippen LogP contribution in [0.2, 0.25) is 0 Å². The lowest BCUT2D eigenvalue weighted by Gasteiger charge is -2.21. The van der Waals surface area contributed by atoms with Crippen LogP contribution in [0, 0.1) is 0 Å². The first-order valence-corrected chi connectivity index (χ1v) is 5.33. The van der Waals surface area contributed by atoms with Gasteiger partial charge in [0, 0.05) is 13.2 Å². The van der Waals surface area contributed by atoms with Crippen LogP contribution >= 0.6 is 0 Å². The van der Waals surface area contributed by atoms with Gasteiger partial charge in [-0.25, -0.2) is 4.21 Å². The molecule has 1 rings (SSSR count). The van der Waals surface area contributed by atoms with Crippen LogP contribution in [0.3, 0.4) is 0 Å². The van der Waals surface area contributed by atoms with Crippen LogP contribution in [-0.4, -0.2) is 40.4 Å². The molecule has 1 atom stereocenters. The van der Waals surface area contributed by atoms with Crippen molar-refractivity contribution in [3.05, 3.63) is 0 Å². The van der Waals surface area contributed by atoms with Crippen molar-refractivity contribution in [1.82, 2.24) is 0 Å². The second-order valence-electron chi connectivity index (χ2n) is 2.71. The molecule has 1 heterocycles. The zero-order chi connectivity index (χ0) is 8.81. The van der Waals surface area contributed by atoms with Gasteiger partial charge in [0.2, 0.25) is 0 Å². The Morgan fingerprint density at radius 2 is 2.17 bits per heavy atom. The maximum atomic E-state index is 10.2. The van der Waals surface area contributed by atoms with Gasteiger partial charge in [-0.3, -0.25) is 0 Å². The Balaban J connectivity index is 2.01. The van der Waals surface area contributed by atoms with Crippen LogP contribution in [0.5, 0.6) is 0 Å². The monoisotopic (exact) mass is 194 g/mol. The third-order valence-electron chi connectivity index (χ3n) is 1.78. The van der Waals surface area contributed by atoms with Crippen LogP contribution in [0.25, 0.3) is 0 Å². The Bertz CT molecular complexity index is 144. The lowest BCUT2D eigenvalue weighted by Crippen LogP contribution is -2.24. The van der Waals surface area contributed by atoms with Crippen molar-refractivity contribution in [2.45, 2.75) is 18.9 Å². The van der Waals surface area contributed by atoms with E-state index >= 15 is 0 Å². The van der Waals surface area contributed by atoms with E-state index in [2.05, 4.69) is 0 Å². The summed E-state index contributed by atoms with van der Waals surface area (Å²) in [4.78, 5) is 0. The average Bonchev–Trinajstić information content (AvgIpc) is 2.05. The van der Waals surface area contributed by atoms with E-state index in [1.165, 1.54) is 0 Å². The van der Waals surface area contributed by atoms with Crippen LogP contribution < -0.4 is 0 Å². The standard InChI is InChI=1S/C7H14O4S/c8-12(9)6-5-11-7-1-3-10-4-2-7/h7H,1-6H2,(H,8,9). The molecule has 0 aromatic heterocycles. The minimum Gasteiger partial charge on any atom is -0.381 e. The summed E-state index contributed by atoms with van der Waals surface area (Å²) in [5, 5.41) is 0. The van der Waals surface area contributed by atoms with Crippen molar-refractivity contribution in [3.8, 4) is 0 Å². The number of hydrogen-bond donors (Lipinski definition) is 1. The topological polar surface area (TPSA) is 55.8 Å². The van der Waals surface area contributed by atoms with Gasteiger partial charge in [0.1, 0.15) is 0 Å². The second kappa shape index (κ2) is 5.64. The third-order valence-corrected chi connectivity index (χ3v) is 2.30. The predicted octanol–water partition coefficient (Wildman–Crippen LogP) is 0.404. The Labute approximate surface area is 74.5 Å². The highest BCUT2D eigenvalue weighted by Crippen LogP contribution is 2.09. The smallest absolute Gasteiger partial charge is 0.155 e. The molecule has 0 saturated carbocycles. The summed E-state index contributed by atoms with van der Waals surface area (Å²) in [6.45, 7) is 1.85. The molecule has 1 fully saturated rings. The van der Waals surface area contributed by atoms with E-state index in [1.54, 1.807) is 0 Å². The van der Waals surface area contributed by atoms with Crippen LogP contribution in [0.15, 0.2) is 0 Å². The van der Waals surface area contributed by atoms with Crippen molar-refractivity contribution in [2.75, 3.05) is 25.6 Å². The molecule has 72 valence electrons. The Hall–Kier alpha value is 0.0300. The Kier molecular flexibility index (Phi) is 4.75. The number of hydrogen-bond acceptors (Lipinski definition) is 3. The molecule has 0 amide bonds. The molecule has 0 spiro atoms. The molecule has 1 N–H and O–H groups in total. The van der Waals surface area contributed by atoms with Gasteiger partial charge in [0.15, 0.2) is 11.1 Å². The van der Waals surface area contributed by atoms with E-state index in [0.717, 1.165) is 26.1 Å². The second-order valence-corrected chi connectivity index (χ2v) is 3.76. The lowest BCUT2D eigenvalue weighted by molar-refractivity contribution is -0.0267. The number of ether oxygens (including phenoxy) is 2. The zero-order valence-corrected chi connectivity index (χ0v) is 7.72. The first-order chi connectivity index (χ1) is 5.79. The fraction of sp³-hybridized carbons (Fsp3) is 1.00. The van der Waals surface area contributed by atoms with E-state index in [-0.39, 0.29) is 11.9 Å². The summed E-state index contributed by atoms with van der Waals surface area (Å²) in [5.74, 6) is 0.206. The third kappa shape index (κ3) is 4.15. The minimum absolute atomic E-state index is 0.206. The maximum Gasteiger partial charge on any atom is 0.155 e. The van der Waals surface area contributed by atoms with Crippen molar-refractivity contribution in [3.63, 3.8) is 0 Å². The largest absolute Gasteiger partial charge is 0.381 e. The molecule has 1 aliphatic heterocycles. The summed E-state index contributed by atoms with van der Waals surface area (Å²) >= 11 is -1.73. The predicted molar refractivity (Wildman–Crippen MR) is 45.4 cm³/mol.